The SMILES string of the molecule is O=C(c1ccccc1NC1CCCCC1)n1[nH]c(=O)c2ccccc21. The Bertz CT molecular complexity index is 964. The zero-order chi connectivity index (χ0) is 17.2. The van der Waals surface area contributed by atoms with Gasteiger partial charge in [-0.3, -0.25) is 14.7 Å². The van der Waals surface area contributed by atoms with Crippen LogP contribution in [0.2, 0.25) is 0 Å². The smallest absolute Gasteiger partial charge is 0.279 e. The molecule has 1 aliphatic rings. The lowest BCUT2D eigenvalue weighted by molar-refractivity contribution is 0.0950. The van der Waals surface area contributed by atoms with Crippen molar-refractivity contribution < 1.29 is 4.79 Å². The lowest BCUT2D eigenvalue weighted by Crippen LogP contribution is -2.24. The molecule has 0 radical (unpaired) electrons. The summed E-state index contributed by atoms with van der Waals surface area (Å²) in [6.07, 6.45) is 6.00. The molecule has 0 atom stereocenters. The van der Waals surface area contributed by atoms with Crippen molar-refractivity contribution in [3.05, 3.63) is 64.4 Å². The second kappa shape index (κ2) is 6.59. The van der Waals surface area contributed by atoms with Crippen molar-refractivity contribution in [3.63, 3.8) is 0 Å². The van der Waals surface area contributed by atoms with Crippen LogP contribution in [0, 0.1) is 0 Å². The Hall–Kier alpha value is -2.82. The van der Waals surface area contributed by atoms with Crippen molar-refractivity contribution in [2.24, 2.45) is 0 Å². The van der Waals surface area contributed by atoms with Crippen molar-refractivity contribution in [2.75, 3.05) is 5.32 Å². The zero-order valence-electron chi connectivity index (χ0n) is 14.0. The molecule has 0 bridgehead atoms. The Labute approximate surface area is 145 Å². The predicted molar refractivity (Wildman–Crippen MR) is 99.2 cm³/mol. The number of fused-ring (bicyclic) bond motifs is 1. The number of nitrogens with one attached hydrogen (secondary N) is 2. The van der Waals surface area contributed by atoms with E-state index in [4.69, 9.17) is 0 Å². The first-order valence-electron chi connectivity index (χ1n) is 8.84. The molecule has 1 heterocycles. The van der Waals surface area contributed by atoms with Crippen LogP contribution in [-0.4, -0.2) is 21.7 Å². The summed E-state index contributed by atoms with van der Waals surface area (Å²) < 4.78 is 1.35. The van der Waals surface area contributed by atoms with Gasteiger partial charge >= 0.3 is 0 Å². The molecule has 3 aromatic rings. The Morgan fingerprint density at radius 1 is 1.00 bits per heavy atom. The lowest BCUT2D eigenvalue weighted by atomic mass is 9.95. The summed E-state index contributed by atoms with van der Waals surface area (Å²) >= 11 is 0. The Morgan fingerprint density at radius 3 is 2.56 bits per heavy atom. The minimum atomic E-state index is -0.248. The lowest BCUT2D eigenvalue weighted by Gasteiger charge is -2.25. The topological polar surface area (TPSA) is 66.9 Å². The number of hydrogen-bond donors (Lipinski definition) is 2. The first-order valence-corrected chi connectivity index (χ1v) is 8.84. The number of anilines is 1. The van der Waals surface area contributed by atoms with Gasteiger partial charge in [0, 0.05) is 11.7 Å². The molecule has 1 aliphatic carbocycles. The van der Waals surface area contributed by atoms with E-state index in [-0.39, 0.29) is 11.5 Å². The second-order valence-electron chi connectivity index (χ2n) is 6.62. The number of aromatic nitrogens is 2. The van der Waals surface area contributed by atoms with Gasteiger partial charge in [0.1, 0.15) is 0 Å². The predicted octanol–water partition coefficient (Wildman–Crippen LogP) is 3.76. The third-order valence-corrected chi connectivity index (χ3v) is 4.93. The van der Waals surface area contributed by atoms with Gasteiger partial charge in [0.2, 0.25) is 0 Å². The van der Waals surface area contributed by atoms with E-state index in [2.05, 4.69) is 10.4 Å². The van der Waals surface area contributed by atoms with E-state index in [1.54, 1.807) is 24.3 Å². The van der Waals surface area contributed by atoms with E-state index in [9.17, 15) is 9.59 Å². The maximum absolute atomic E-state index is 13.1. The fourth-order valence-corrected chi connectivity index (χ4v) is 3.63. The minimum absolute atomic E-state index is 0.225. The van der Waals surface area contributed by atoms with Gasteiger partial charge in [0.15, 0.2) is 0 Å². The van der Waals surface area contributed by atoms with E-state index in [1.165, 1.54) is 23.9 Å². The number of nitrogens with zero attached hydrogens (tertiary/aromatic N) is 1. The van der Waals surface area contributed by atoms with Crippen molar-refractivity contribution in [2.45, 2.75) is 38.1 Å². The summed E-state index contributed by atoms with van der Waals surface area (Å²) in [7, 11) is 0. The Kier molecular flexibility index (Phi) is 4.14. The number of para-hydroxylation sites is 2. The summed E-state index contributed by atoms with van der Waals surface area (Å²) in [5.41, 5.74) is 1.76. The number of aromatic amines is 1. The molecule has 1 saturated carbocycles. The zero-order valence-corrected chi connectivity index (χ0v) is 14.0. The van der Waals surface area contributed by atoms with Gasteiger partial charge in [-0.1, -0.05) is 43.5 Å². The Balaban J connectivity index is 1.71. The van der Waals surface area contributed by atoms with Crippen LogP contribution in [0.1, 0.15) is 42.5 Å². The molecule has 4 rings (SSSR count). The molecule has 0 amide bonds. The molecule has 2 aromatic carbocycles. The number of hydrogen-bond acceptors (Lipinski definition) is 3. The van der Waals surface area contributed by atoms with Crippen molar-refractivity contribution in [1.29, 1.82) is 0 Å². The first kappa shape index (κ1) is 15.7. The molecule has 0 saturated heterocycles. The summed E-state index contributed by atoms with van der Waals surface area (Å²) in [6.45, 7) is 0. The minimum Gasteiger partial charge on any atom is -0.382 e. The van der Waals surface area contributed by atoms with Crippen molar-refractivity contribution in [3.8, 4) is 0 Å². The quantitative estimate of drug-likeness (QED) is 0.766. The summed E-state index contributed by atoms with van der Waals surface area (Å²) in [5.74, 6) is -0.225. The van der Waals surface area contributed by atoms with Gasteiger partial charge in [0.25, 0.3) is 11.5 Å². The molecule has 5 heteroatoms. The van der Waals surface area contributed by atoms with Crippen molar-refractivity contribution in [1.82, 2.24) is 9.78 Å². The molecular formula is C20H21N3O2. The maximum Gasteiger partial charge on any atom is 0.279 e. The van der Waals surface area contributed by atoms with E-state index in [0.717, 1.165) is 18.5 Å². The molecule has 2 N–H and O–H groups in total. The maximum atomic E-state index is 13.1. The van der Waals surface area contributed by atoms with E-state index in [0.29, 0.717) is 22.5 Å². The highest BCUT2D eigenvalue weighted by Gasteiger charge is 2.20. The van der Waals surface area contributed by atoms with E-state index < -0.39 is 0 Å². The van der Waals surface area contributed by atoms with Gasteiger partial charge in [-0.15, -0.1) is 0 Å². The van der Waals surface area contributed by atoms with Crippen LogP contribution in [0.5, 0.6) is 0 Å². The molecule has 1 fully saturated rings. The standard InChI is InChI=1S/C20H21N3O2/c24-19-16-11-5-7-13-18(16)23(22-19)20(25)15-10-4-6-12-17(15)21-14-8-2-1-3-9-14/h4-7,10-14,21H,1-3,8-9H2,(H,22,24). The average molecular weight is 335 g/mol. The van der Waals surface area contributed by atoms with E-state index >= 15 is 0 Å². The number of H-pyrrole nitrogens is 1. The van der Waals surface area contributed by atoms with Crippen LogP contribution in [0.3, 0.4) is 0 Å². The number of rotatable bonds is 3. The van der Waals surface area contributed by atoms with Crippen LogP contribution in [0.4, 0.5) is 5.69 Å². The van der Waals surface area contributed by atoms with Crippen molar-refractivity contribution >= 4 is 22.5 Å². The summed E-state index contributed by atoms with van der Waals surface area (Å²) in [5, 5.41) is 6.72. The third kappa shape index (κ3) is 2.97. The van der Waals surface area contributed by atoms with Crippen LogP contribution >= 0.6 is 0 Å². The average Bonchev–Trinajstić information content (AvgIpc) is 3.00. The van der Waals surface area contributed by atoms with E-state index in [1.807, 2.05) is 24.3 Å². The third-order valence-electron chi connectivity index (χ3n) is 4.93. The molecule has 1 aromatic heterocycles. The van der Waals surface area contributed by atoms with Gasteiger partial charge in [-0.25, -0.2) is 4.68 Å². The molecule has 0 spiro atoms. The molecule has 5 nitrogen and oxygen atoms in total. The second-order valence-corrected chi connectivity index (χ2v) is 6.62. The summed E-state index contributed by atoms with van der Waals surface area (Å²) in [4.78, 5) is 25.2. The molecular weight excluding hydrogens is 314 g/mol. The van der Waals surface area contributed by atoms with Gasteiger partial charge in [0.05, 0.1) is 16.5 Å². The highest BCUT2D eigenvalue weighted by atomic mass is 16.2. The highest BCUT2D eigenvalue weighted by Crippen LogP contribution is 2.24. The van der Waals surface area contributed by atoms with Gasteiger partial charge in [-0.05, 0) is 37.1 Å². The molecule has 0 aliphatic heterocycles. The number of carbonyl (C=O) groups is 1. The molecule has 0 unspecified atom stereocenters. The van der Waals surface area contributed by atoms with Crippen LogP contribution in [0.25, 0.3) is 10.9 Å². The van der Waals surface area contributed by atoms with Crippen LogP contribution < -0.4 is 10.9 Å². The fraction of sp³-hybridized carbons (Fsp3) is 0.300. The largest absolute Gasteiger partial charge is 0.382 e. The van der Waals surface area contributed by atoms with Crippen LogP contribution in [-0.2, 0) is 0 Å². The number of carbonyl (C=O) groups excluding carboxylic acids is 1. The highest BCUT2D eigenvalue weighted by molar-refractivity contribution is 6.04. The number of benzene rings is 2. The molecule has 25 heavy (non-hydrogen) atoms. The van der Waals surface area contributed by atoms with Crippen LogP contribution in [0.15, 0.2) is 53.3 Å². The summed E-state index contributed by atoms with van der Waals surface area (Å²) in [6, 6.07) is 15.1. The molecule has 128 valence electrons. The van der Waals surface area contributed by atoms with Gasteiger partial charge in [-0.2, -0.15) is 0 Å². The normalized spacial score (nSPS) is 15.4. The van der Waals surface area contributed by atoms with Gasteiger partial charge < -0.3 is 5.32 Å². The first-order chi connectivity index (χ1) is 12.2. The fourth-order valence-electron chi connectivity index (χ4n) is 3.63. The monoisotopic (exact) mass is 335 g/mol. The Morgan fingerprint density at radius 2 is 1.72 bits per heavy atom.